The van der Waals surface area contributed by atoms with Crippen LogP contribution in [0.4, 0.5) is 23.5 Å². The fourth-order valence-corrected chi connectivity index (χ4v) is 2.80. The number of nitrogens with one attached hydrogen (secondary N) is 2. The minimum absolute atomic E-state index is 0.570. The van der Waals surface area contributed by atoms with Crippen molar-refractivity contribution in [2.24, 2.45) is 0 Å². The molecule has 2 aromatic rings. The van der Waals surface area contributed by atoms with E-state index in [1.54, 1.807) is 0 Å². The van der Waals surface area contributed by atoms with Crippen LogP contribution in [-0.4, -0.2) is 35.1 Å². The molecule has 0 radical (unpaired) electrons. The summed E-state index contributed by atoms with van der Waals surface area (Å²) in [5.74, 6) is 1.89. The van der Waals surface area contributed by atoms with Gasteiger partial charge in [0.1, 0.15) is 0 Å². The third kappa shape index (κ3) is 3.34. The van der Waals surface area contributed by atoms with Gasteiger partial charge in [-0.3, -0.25) is 0 Å². The van der Waals surface area contributed by atoms with Crippen LogP contribution in [0.15, 0.2) is 24.3 Å². The zero-order valence-electron chi connectivity index (χ0n) is 11.8. The van der Waals surface area contributed by atoms with E-state index in [9.17, 15) is 0 Å². The molecule has 110 valence electrons. The van der Waals surface area contributed by atoms with Crippen LogP contribution < -0.4 is 15.5 Å². The summed E-state index contributed by atoms with van der Waals surface area (Å²) in [6, 6.07) is 8.06. The van der Waals surface area contributed by atoms with E-state index in [1.165, 1.54) is 12.8 Å². The number of hydrogen-bond acceptors (Lipinski definition) is 6. The van der Waals surface area contributed by atoms with Gasteiger partial charge in [-0.05, 0) is 47.6 Å². The van der Waals surface area contributed by atoms with Crippen LogP contribution in [0.5, 0.6) is 0 Å². The van der Waals surface area contributed by atoms with E-state index in [4.69, 9.17) is 0 Å². The van der Waals surface area contributed by atoms with Crippen molar-refractivity contribution in [3.05, 3.63) is 27.8 Å². The molecule has 6 nitrogen and oxygen atoms in total. The third-order valence-electron chi connectivity index (χ3n) is 3.36. The van der Waals surface area contributed by atoms with Crippen molar-refractivity contribution in [1.82, 2.24) is 15.0 Å². The quantitative estimate of drug-likeness (QED) is 0.775. The molecular formula is C14H17IN6. The lowest BCUT2D eigenvalue weighted by Crippen LogP contribution is -2.22. The SMILES string of the molecule is CNc1nc(Nc2ccccc2I)nc(N2CCCC2)n1. The summed E-state index contributed by atoms with van der Waals surface area (Å²) in [7, 11) is 1.82. The Bertz CT molecular complexity index is 627. The predicted molar refractivity (Wildman–Crippen MR) is 93.3 cm³/mol. The van der Waals surface area contributed by atoms with Crippen LogP contribution in [0.1, 0.15) is 12.8 Å². The summed E-state index contributed by atoms with van der Waals surface area (Å²) < 4.78 is 1.13. The van der Waals surface area contributed by atoms with Gasteiger partial charge >= 0.3 is 0 Å². The second-order valence-corrected chi connectivity index (χ2v) is 5.99. The van der Waals surface area contributed by atoms with E-state index in [0.29, 0.717) is 11.9 Å². The number of rotatable bonds is 4. The van der Waals surface area contributed by atoms with E-state index < -0.39 is 0 Å². The molecule has 21 heavy (non-hydrogen) atoms. The molecule has 0 bridgehead atoms. The van der Waals surface area contributed by atoms with Crippen LogP contribution in [0, 0.1) is 3.57 Å². The molecule has 1 aromatic heterocycles. The number of hydrogen-bond donors (Lipinski definition) is 2. The number of nitrogens with zero attached hydrogens (tertiary/aromatic N) is 4. The number of aromatic nitrogens is 3. The standard InChI is InChI=1S/C14H17IN6/c1-16-12-18-13(17-11-7-3-2-6-10(11)15)20-14(19-12)21-8-4-5-9-21/h2-3,6-7H,4-5,8-9H2,1H3,(H2,16,17,18,19,20). The highest BCUT2D eigenvalue weighted by Crippen LogP contribution is 2.23. The van der Waals surface area contributed by atoms with Crippen LogP contribution in [0.2, 0.25) is 0 Å². The van der Waals surface area contributed by atoms with Gasteiger partial charge in [-0.1, -0.05) is 12.1 Å². The lowest BCUT2D eigenvalue weighted by Gasteiger charge is -2.17. The summed E-state index contributed by atoms with van der Waals surface area (Å²) in [6.45, 7) is 2.02. The van der Waals surface area contributed by atoms with Crippen LogP contribution in [0.25, 0.3) is 0 Å². The molecule has 0 atom stereocenters. The Morgan fingerprint density at radius 1 is 1.05 bits per heavy atom. The van der Waals surface area contributed by atoms with Crippen molar-refractivity contribution in [3.8, 4) is 0 Å². The average Bonchev–Trinajstić information content (AvgIpc) is 3.04. The molecule has 0 saturated carbocycles. The van der Waals surface area contributed by atoms with Gasteiger partial charge in [0.15, 0.2) is 0 Å². The summed E-state index contributed by atoms with van der Waals surface area (Å²) in [5, 5.41) is 6.28. The molecule has 0 spiro atoms. The van der Waals surface area contributed by atoms with Gasteiger partial charge < -0.3 is 15.5 Å². The minimum atomic E-state index is 0.570. The van der Waals surface area contributed by atoms with E-state index in [-0.39, 0.29) is 0 Å². The topological polar surface area (TPSA) is 66.0 Å². The highest BCUT2D eigenvalue weighted by molar-refractivity contribution is 14.1. The maximum absolute atomic E-state index is 4.55. The number of para-hydroxylation sites is 1. The molecule has 2 heterocycles. The van der Waals surface area contributed by atoms with Crippen molar-refractivity contribution in [2.75, 3.05) is 35.7 Å². The first-order valence-electron chi connectivity index (χ1n) is 6.96. The normalized spacial score (nSPS) is 14.3. The van der Waals surface area contributed by atoms with Crippen LogP contribution >= 0.6 is 22.6 Å². The summed E-state index contributed by atoms with van der Waals surface area (Å²) in [6.07, 6.45) is 2.39. The summed E-state index contributed by atoms with van der Waals surface area (Å²) in [4.78, 5) is 15.6. The van der Waals surface area contributed by atoms with Crippen molar-refractivity contribution in [3.63, 3.8) is 0 Å². The van der Waals surface area contributed by atoms with Gasteiger partial charge in [0, 0.05) is 23.7 Å². The molecule has 0 unspecified atom stereocenters. The minimum Gasteiger partial charge on any atom is -0.357 e. The van der Waals surface area contributed by atoms with Gasteiger partial charge in [0.25, 0.3) is 0 Å². The Kier molecular flexibility index (Phi) is 4.37. The maximum atomic E-state index is 4.55. The Morgan fingerprint density at radius 2 is 1.76 bits per heavy atom. The van der Waals surface area contributed by atoms with E-state index in [0.717, 1.165) is 28.3 Å². The van der Waals surface area contributed by atoms with Crippen molar-refractivity contribution in [1.29, 1.82) is 0 Å². The molecule has 7 heteroatoms. The Labute approximate surface area is 137 Å². The van der Waals surface area contributed by atoms with Crippen molar-refractivity contribution in [2.45, 2.75) is 12.8 Å². The van der Waals surface area contributed by atoms with Crippen LogP contribution in [0.3, 0.4) is 0 Å². The van der Waals surface area contributed by atoms with Gasteiger partial charge in [-0.25, -0.2) is 0 Å². The first-order chi connectivity index (χ1) is 10.3. The van der Waals surface area contributed by atoms with Gasteiger partial charge in [-0.2, -0.15) is 15.0 Å². The monoisotopic (exact) mass is 396 g/mol. The highest BCUT2D eigenvalue weighted by Gasteiger charge is 2.17. The Hall–Kier alpha value is -1.64. The van der Waals surface area contributed by atoms with E-state index in [1.807, 2.05) is 31.3 Å². The lowest BCUT2D eigenvalue weighted by molar-refractivity contribution is 0.885. The lowest BCUT2D eigenvalue weighted by atomic mass is 10.3. The molecule has 1 fully saturated rings. The first-order valence-corrected chi connectivity index (χ1v) is 8.04. The number of benzene rings is 1. The van der Waals surface area contributed by atoms with Gasteiger partial charge in [-0.15, -0.1) is 0 Å². The Morgan fingerprint density at radius 3 is 2.48 bits per heavy atom. The molecule has 1 aromatic carbocycles. The molecule has 0 amide bonds. The van der Waals surface area contributed by atoms with Gasteiger partial charge in [0.05, 0.1) is 5.69 Å². The summed E-state index contributed by atoms with van der Waals surface area (Å²) in [5.41, 5.74) is 0.999. The molecular weight excluding hydrogens is 379 g/mol. The summed E-state index contributed by atoms with van der Waals surface area (Å²) >= 11 is 2.29. The molecule has 3 rings (SSSR count). The zero-order valence-corrected chi connectivity index (χ0v) is 14.0. The largest absolute Gasteiger partial charge is 0.357 e. The molecule has 2 N–H and O–H groups in total. The molecule has 1 saturated heterocycles. The third-order valence-corrected chi connectivity index (χ3v) is 4.30. The zero-order chi connectivity index (χ0) is 14.7. The highest BCUT2D eigenvalue weighted by atomic mass is 127. The molecule has 0 aliphatic carbocycles. The molecule has 1 aliphatic rings. The first kappa shape index (κ1) is 14.3. The van der Waals surface area contributed by atoms with Crippen LogP contribution in [-0.2, 0) is 0 Å². The van der Waals surface area contributed by atoms with Crippen molar-refractivity contribution >= 4 is 46.1 Å². The smallest absolute Gasteiger partial charge is 0.233 e. The van der Waals surface area contributed by atoms with Crippen molar-refractivity contribution < 1.29 is 0 Å². The number of anilines is 4. The maximum Gasteiger partial charge on any atom is 0.233 e. The van der Waals surface area contributed by atoms with E-state index >= 15 is 0 Å². The molecule has 1 aliphatic heterocycles. The second-order valence-electron chi connectivity index (χ2n) is 4.83. The van der Waals surface area contributed by atoms with Gasteiger partial charge in [0.2, 0.25) is 17.8 Å². The Balaban J connectivity index is 1.90. The fourth-order valence-electron chi connectivity index (χ4n) is 2.27. The number of halogens is 1. The average molecular weight is 396 g/mol. The van der Waals surface area contributed by atoms with E-state index in [2.05, 4.69) is 53.1 Å². The fraction of sp³-hybridized carbons (Fsp3) is 0.357. The predicted octanol–water partition coefficient (Wildman–Crippen LogP) is 2.86. The second kappa shape index (κ2) is 6.42.